The average Bonchev–Trinajstić information content (AvgIpc) is 3.07. The lowest BCUT2D eigenvalue weighted by Gasteiger charge is -2.49. The van der Waals surface area contributed by atoms with E-state index in [1.165, 1.54) is 51.2 Å². The number of hydrogen-bond donors (Lipinski definition) is 2. The molecule has 0 aromatic heterocycles. The molecule has 0 unspecified atom stereocenters. The van der Waals surface area contributed by atoms with Crippen molar-refractivity contribution in [1.29, 1.82) is 0 Å². The highest BCUT2D eigenvalue weighted by Gasteiger charge is 2.57. The van der Waals surface area contributed by atoms with Crippen LogP contribution in [0.4, 0.5) is 0 Å². The van der Waals surface area contributed by atoms with Crippen LogP contribution in [0.15, 0.2) is 11.1 Å². The molecule has 10 atom stereocenters. The van der Waals surface area contributed by atoms with Crippen molar-refractivity contribution in [3.63, 3.8) is 0 Å². The molecule has 0 aromatic rings. The van der Waals surface area contributed by atoms with Crippen molar-refractivity contribution in [2.45, 2.75) is 123 Å². The summed E-state index contributed by atoms with van der Waals surface area (Å²) in [6.45, 7) is 13.3. The molecule has 2 aliphatic heterocycles. The fourth-order valence-corrected chi connectivity index (χ4v) is 9.99. The summed E-state index contributed by atoms with van der Waals surface area (Å²) in [6.07, 6.45) is 13.3. The van der Waals surface area contributed by atoms with Gasteiger partial charge in [0.2, 0.25) is 10.0 Å². The van der Waals surface area contributed by atoms with Crippen LogP contribution in [0.25, 0.3) is 0 Å². The Hall–Kier alpha value is -0.430. The van der Waals surface area contributed by atoms with Gasteiger partial charge in [0.25, 0.3) is 0 Å². The molecular weight excluding hydrogens is 456 g/mol. The molecule has 1 spiro atoms. The van der Waals surface area contributed by atoms with Crippen molar-refractivity contribution in [2.75, 3.05) is 12.8 Å². The fraction of sp³-hybridized carbons (Fsp3) is 0.931. The molecule has 0 aromatic carbocycles. The maximum Gasteiger partial charge on any atom is 0.208 e. The zero-order chi connectivity index (χ0) is 25.2. The number of rotatable bonds is 2. The number of fused-ring (bicyclic) bond motifs is 3. The molecule has 5 rings (SSSR count). The lowest BCUT2D eigenvalue weighted by Crippen LogP contribution is -2.49. The van der Waals surface area contributed by atoms with Crippen LogP contribution in [0.3, 0.4) is 0 Å². The summed E-state index contributed by atoms with van der Waals surface area (Å²) < 4.78 is 33.9. The quantitative estimate of drug-likeness (QED) is 0.491. The fourth-order valence-electron chi connectivity index (χ4n) is 9.17. The number of allylic oxidation sites excluding steroid dienone is 1. The first kappa shape index (κ1) is 26.2. The van der Waals surface area contributed by atoms with Crippen LogP contribution in [-0.4, -0.2) is 45.0 Å². The second-order valence-electron chi connectivity index (χ2n) is 13.6. The van der Waals surface area contributed by atoms with Crippen LogP contribution in [0.1, 0.15) is 98.8 Å². The van der Waals surface area contributed by atoms with E-state index in [9.17, 15) is 8.42 Å². The van der Waals surface area contributed by atoms with E-state index in [1.54, 1.807) is 11.1 Å². The van der Waals surface area contributed by atoms with Crippen molar-refractivity contribution >= 4 is 10.0 Å². The summed E-state index contributed by atoms with van der Waals surface area (Å²) in [5, 5.41) is 3.85. The Labute approximate surface area is 214 Å². The third kappa shape index (κ3) is 4.68. The Balaban J connectivity index is 1.41. The zero-order valence-electron chi connectivity index (χ0n) is 23.0. The van der Waals surface area contributed by atoms with Gasteiger partial charge in [0.1, 0.15) is 0 Å². The summed E-state index contributed by atoms with van der Waals surface area (Å²) in [7, 11) is -3.15. The van der Waals surface area contributed by atoms with Crippen LogP contribution in [0.5, 0.6) is 0 Å². The molecule has 4 fully saturated rings. The second-order valence-corrected chi connectivity index (χ2v) is 15.4. The van der Waals surface area contributed by atoms with Crippen molar-refractivity contribution in [3.8, 4) is 0 Å². The smallest absolute Gasteiger partial charge is 0.208 e. The first-order valence-corrected chi connectivity index (χ1v) is 16.4. The van der Waals surface area contributed by atoms with Gasteiger partial charge in [0, 0.05) is 18.0 Å². The molecule has 2 saturated carbocycles. The highest BCUT2D eigenvalue weighted by atomic mass is 32.2. The lowest BCUT2D eigenvalue weighted by atomic mass is 9.58. The summed E-state index contributed by atoms with van der Waals surface area (Å²) in [5.41, 5.74) is 3.49. The van der Waals surface area contributed by atoms with E-state index in [1.807, 2.05) is 0 Å². The van der Waals surface area contributed by atoms with E-state index in [4.69, 9.17) is 4.74 Å². The first-order chi connectivity index (χ1) is 16.4. The molecule has 0 bridgehead atoms. The SMILES string of the molecule is CC1=C2C[C@@H](C)[C@@]3(C)CC[C@@H](NS(C)(=O)=O)C[C@H]3CCC[C@@H]2CC[C@]12O[C@@H]1C[C@H](C)CN[C@H]1[C@H]2C. The molecule has 2 heterocycles. The van der Waals surface area contributed by atoms with Crippen LogP contribution in [0, 0.1) is 35.0 Å². The van der Waals surface area contributed by atoms with Crippen LogP contribution >= 0.6 is 0 Å². The maximum atomic E-state index is 11.9. The van der Waals surface area contributed by atoms with Gasteiger partial charge in [-0.3, -0.25) is 0 Å². The van der Waals surface area contributed by atoms with Gasteiger partial charge in [0.15, 0.2) is 0 Å². The van der Waals surface area contributed by atoms with Crippen LogP contribution in [-0.2, 0) is 14.8 Å². The molecule has 200 valence electrons. The Bertz CT molecular complexity index is 948. The van der Waals surface area contributed by atoms with Gasteiger partial charge in [-0.05, 0) is 106 Å². The number of hydrogen-bond acceptors (Lipinski definition) is 4. The molecule has 0 radical (unpaired) electrons. The van der Waals surface area contributed by atoms with Gasteiger partial charge in [-0.25, -0.2) is 13.1 Å². The van der Waals surface area contributed by atoms with Crippen LogP contribution in [0.2, 0.25) is 0 Å². The van der Waals surface area contributed by atoms with E-state index in [2.05, 4.69) is 44.7 Å². The van der Waals surface area contributed by atoms with Gasteiger partial charge in [-0.15, -0.1) is 0 Å². The molecule has 35 heavy (non-hydrogen) atoms. The largest absolute Gasteiger partial charge is 0.365 e. The molecule has 6 heteroatoms. The first-order valence-electron chi connectivity index (χ1n) is 14.5. The summed E-state index contributed by atoms with van der Waals surface area (Å²) in [5.74, 6) is 3.11. The van der Waals surface area contributed by atoms with Gasteiger partial charge in [-0.1, -0.05) is 39.7 Å². The monoisotopic (exact) mass is 506 g/mol. The molecule has 0 amide bonds. The van der Waals surface area contributed by atoms with E-state index in [0.29, 0.717) is 41.7 Å². The standard InChI is InChI=1S/C29H50N2O3S/c1-18-14-26-27(30-17-18)21(4)29(34-26)13-10-22-8-7-9-23-16-24(31-35(6,32)33)11-12-28(23,5)19(2)15-25(22)20(29)3/h18-19,21-24,26-27,30-31H,7-17H2,1-6H3/t18-,19+,21+,22+,23+,24+,26+,27-,28+,29-/m0/s1. The normalized spacial score (nSPS) is 49.0. The Kier molecular flexibility index (Phi) is 7.03. The summed E-state index contributed by atoms with van der Waals surface area (Å²) >= 11 is 0. The molecule has 5 nitrogen and oxygen atoms in total. The predicted octanol–water partition coefficient (Wildman–Crippen LogP) is 5.42. The minimum Gasteiger partial charge on any atom is -0.365 e. The molecule has 5 aliphatic rings. The number of piperidine rings is 1. The van der Waals surface area contributed by atoms with E-state index >= 15 is 0 Å². The van der Waals surface area contributed by atoms with E-state index in [0.717, 1.165) is 25.8 Å². The third-order valence-electron chi connectivity index (χ3n) is 11.5. The maximum absolute atomic E-state index is 11.9. The van der Waals surface area contributed by atoms with E-state index < -0.39 is 10.0 Å². The van der Waals surface area contributed by atoms with Crippen molar-refractivity contribution < 1.29 is 13.2 Å². The average molecular weight is 507 g/mol. The molecule has 3 aliphatic carbocycles. The van der Waals surface area contributed by atoms with Crippen molar-refractivity contribution in [1.82, 2.24) is 10.0 Å². The zero-order valence-corrected chi connectivity index (χ0v) is 23.8. The molecule has 2 saturated heterocycles. The van der Waals surface area contributed by atoms with Gasteiger partial charge < -0.3 is 10.1 Å². The molecular formula is C29H50N2O3S. The lowest BCUT2D eigenvalue weighted by molar-refractivity contribution is -0.0547. The van der Waals surface area contributed by atoms with Crippen molar-refractivity contribution in [2.24, 2.45) is 35.0 Å². The van der Waals surface area contributed by atoms with E-state index in [-0.39, 0.29) is 17.1 Å². The topological polar surface area (TPSA) is 67.4 Å². The molecule has 2 N–H and O–H groups in total. The van der Waals surface area contributed by atoms with Gasteiger partial charge in [0.05, 0.1) is 18.0 Å². The summed E-state index contributed by atoms with van der Waals surface area (Å²) in [4.78, 5) is 0. The van der Waals surface area contributed by atoms with Crippen LogP contribution < -0.4 is 10.0 Å². The van der Waals surface area contributed by atoms with Gasteiger partial charge >= 0.3 is 0 Å². The Morgan fingerprint density at radius 1 is 1.06 bits per heavy atom. The number of ether oxygens (including phenoxy) is 1. The van der Waals surface area contributed by atoms with Crippen molar-refractivity contribution in [3.05, 3.63) is 11.1 Å². The number of nitrogens with one attached hydrogen (secondary N) is 2. The third-order valence-corrected chi connectivity index (χ3v) is 12.3. The number of sulfonamides is 1. The Morgan fingerprint density at radius 2 is 1.83 bits per heavy atom. The highest BCUT2D eigenvalue weighted by molar-refractivity contribution is 7.88. The minimum absolute atomic E-state index is 0.0800. The van der Waals surface area contributed by atoms with Gasteiger partial charge in [-0.2, -0.15) is 0 Å². The Morgan fingerprint density at radius 3 is 2.57 bits per heavy atom. The predicted molar refractivity (Wildman–Crippen MR) is 143 cm³/mol. The summed E-state index contributed by atoms with van der Waals surface area (Å²) in [6, 6.07) is 0.597. The second kappa shape index (κ2) is 9.39. The highest BCUT2D eigenvalue weighted by Crippen LogP contribution is 2.57. The minimum atomic E-state index is -3.15.